The van der Waals surface area contributed by atoms with E-state index in [0.717, 1.165) is 39.6 Å². The Labute approximate surface area is 203 Å². The molecule has 0 fully saturated rings. The topological polar surface area (TPSA) is 61.2 Å². The quantitative estimate of drug-likeness (QED) is 0.300. The number of primary amides is 1. The molecule has 4 heteroatoms. The van der Waals surface area contributed by atoms with E-state index in [1.807, 2.05) is 30.3 Å². The zero-order chi connectivity index (χ0) is 23.8. The van der Waals surface area contributed by atoms with Crippen molar-refractivity contribution in [1.29, 1.82) is 0 Å². The van der Waals surface area contributed by atoms with E-state index in [1.165, 1.54) is 16.7 Å². The smallest absolute Gasteiger partial charge is 0.249 e. The lowest BCUT2D eigenvalue weighted by atomic mass is 9.99. The monoisotopic (exact) mass is 456 g/mol. The first-order valence-electron chi connectivity index (χ1n) is 11.7. The fraction of sp³-hybridized carbons (Fsp3) is 0.0645. The molecule has 6 aromatic rings. The van der Waals surface area contributed by atoms with Gasteiger partial charge in [-0.1, -0.05) is 72.8 Å². The van der Waals surface area contributed by atoms with Crippen LogP contribution in [0.4, 0.5) is 0 Å². The Morgan fingerprint density at radius 1 is 0.771 bits per heavy atom. The summed E-state index contributed by atoms with van der Waals surface area (Å²) in [7, 11) is 0. The number of carbonyl (C=O) groups is 1. The number of rotatable bonds is 6. The summed E-state index contributed by atoms with van der Waals surface area (Å²) in [6, 6.07) is 34.9. The highest BCUT2D eigenvalue weighted by atomic mass is 16.3. The van der Waals surface area contributed by atoms with Gasteiger partial charge in [0.15, 0.2) is 0 Å². The van der Waals surface area contributed by atoms with Crippen molar-refractivity contribution in [2.75, 3.05) is 0 Å². The first kappa shape index (κ1) is 21.0. The largest absolute Gasteiger partial charge is 0.464 e. The summed E-state index contributed by atoms with van der Waals surface area (Å²) in [5.74, 6) is 0.387. The minimum atomic E-state index is -0.422. The Kier molecular flexibility index (Phi) is 5.19. The minimum Gasteiger partial charge on any atom is -0.464 e. The highest BCUT2D eigenvalue weighted by Gasteiger charge is 2.18. The average molecular weight is 457 g/mol. The lowest BCUT2D eigenvalue weighted by Gasteiger charge is -2.13. The van der Waals surface area contributed by atoms with Gasteiger partial charge < -0.3 is 14.7 Å². The van der Waals surface area contributed by atoms with Crippen molar-refractivity contribution >= 4 is 27.7 Å². The van der Waals surface area contributed by atoms with E-state index < -0.39 is 5.91 Å². The molecule has 35 heavy (non-hydrogen) atoms. The number of aromatic nitrogens is 1. The second kappa shape index (κ2) is 8.65. The van der Waals surface area contributed by atoms with Crippen molar-refractivity contribution in [2.45, 2.75) is 13.0 Å². The standard InChI is InChI=1S/C31H24N2O2/c32-31(34)26-12-6-13-27-30(26)25-16-15-23(29-14-7-17-35-29)19-28(25)33(27)20-24-11-5-4-10-22(24)18-21-8-2-1-3-9-21/h1-17,19H,18,20H2,(H2,32,34). The van der Waals surface area contributed by atoms with Crippen molar-refractivity contribution in [3.05, 3.63) is 132 Å². The molecule has 2 aromatic heterocycles. The van der Waals surface area contributed by atoms with Crippen LogP contribution in [0.25, 0.3) is 33.1 Å². The fourth-order valence-electron chi connectivity index (χ4n) is 4.99. The van der Waals surface area contributed by atoms with E-state index in [4.69, 9.17) is 10.2 Å². The van der Waals surface area contributed by atoms with E-state index in [1.54, 1.807) is 12.3 Å². The number of carbonyl (C=O) groups excluding carboxylic acids is 1. The first-order chi connectivity index (χ1) is 17.2. The Morgan fingerprint density at radius 2 is 1.57 bits per heavy atom. The molecular weight excluding hydrogens is 432 g/mol. The maximum Gasteiger partial charge on any atom is 0.249 e. The van der Waals surface area contributed by atoms with Crippen molar-refractivity contribution in [1.82, 2.24) is 4.57 Å². The maximum absolute atomic E-state index is 12.3. The summed E-state index contributed by atoms with van der Waals surface area (Å²) in [5, 5.41) is 1.90. The lowest BCUT2D eigenvalue weighted by Crippen LogP contribution is -2.11. The van der Waals surface area contributed by atoms with Crippen LogP contribution in [0.5, 0.6) is 0 Å². The number of nitrogens with zero attached hydrogens (tertiary/aromatic N) is 1. The number of nitrogens with two attached hydrogens (primary N) is 1. The van der Waals surface area contributed by atoms with E-state index in [-0.39, 0.29) is 0 Å². The summed E-state index contributed by atoms with van der Waals surface area (Å²) >= 11 is 0. The summed E-state index contributed by atoms with van der Waals surface area (Å²) in [6.07, 6.45) is 2.54. The van der Waals surface area contributed by atoms with E-state index in [0.29, 0.717) is 12.1 Å². The van der Waals surface area contributed by atoms with Gasteiger partial charge in [-0.3, -0.25) is 4.79 Å². The van der Waals surface area contributed by atoms with Gasteiger partial charge in [0.25, 0.3) is 0 Å². The molecule has 0 atom stereocenters. The molecule has 1 amide bonds. The Bertz CT molecular complexity index is 1660. The van der Waals surface area contributed by atoms with Crippen LogP contribution in [0.1, 0.15) is 27.0 Å². The number of amides is 1. The van der Waals surface area contributed by atoms with Gasteiger partial charge >= 0.3 is 0 Å². The van der Waals surface area contributed by atoms with E-state index in [2.05, 4.69) is 71.3 Å². The van der Waals surface area contributed by atoms with Gasteiger partial charge in [-0.25, -0.2) is 0 Å². The van der Waals surface area contributed by atoms with Crippen molar-refractivity contribution in [2.24, 2.45) is 5.73 Å². The molecule has 0 saturated carbocycles. The van der Waals surface area contributed by atoms with Gasteiger partial charge in [-0.15, -0.1) is 0 Å². The zero-order valence-electron chi connectivity index (χ0n) is 19.1. The molecule has 0 unspecified atom stereocenters. The normalized spacial score (nSPS) is 11.3. The van der Waals surface area contributed by atoms with Crippen LogP contribution in [0.15, 0.2) is 114 Å². The molecule has 4 nitrogen and oxygen atoms in total. The Balaban J connectivity index is 1.55. The highest BCUT2D eigenvalue weighted by molar-refractivity contribution is 6.18. The molecule has 0 aliphatic heterocycles. The molecule has 6 rings (SSSR count). The lowest BCUT2D eigenvalue weighted by molar-refractivity contribution is 0.100. The van der Waals surface area contributed by atoms with Gasteiger partial charge in [-0.05, 0) is 53.4 Å². The van der Waals surface area contributed by atoms with E-state index in [9.17, 15) is 4.79 Å². The molecule has 0 saturated heterocycles. The average Bonchev–Trinajstić information content (AvgIpc) is 3.53. The third-order valence-corrected chi connectivity index (χ3v) is 6.65. The van der Waals surface area contributed by atoms with Crippen LogP contribution in [0.2, 0.25) is 0 Å². The van der Waals surface area contributed by atoms with Crippen LogP contribution >= 0.6 is 0 Å². The minimum absolute atomic E-state index is 0.422. The predicted octanol–water partition coefficient (Wildman–Crippen LogP) is 6.79. The molecular formula is C31H24N2O2. The third kappa shape index (κ3) is 3.79. The van der Waals surface area contributed by atoms with Crippen molar-refractivity contribution in [3.8, 4) is 11.3 Å². The number of fused-ring (bicyclic) bond motifs is 3. The summed E-state index contributed by atoms with van der Waals surface area (Å²) in [6.45, 7) is 0.673. The molecule has 2 heterocycles. The zero-order valence-corrected chi connectivity index (χ0v) is 19.1. The second-order valence-corrected chi connectivity index (χ2v) is 8.79. The van der Waals surface area contributed by atoms with Gasteiger partial charge in [-0.2, -0.15) is 0 Å². The van der Waals surface area contributed by atoms with Gasteiger partial charge in [0.1, 0.15) is 5.76 Å². The van der Waals surface area contributed by atoms with Crippen LogP contribution in [0, 0.1) is 0 Å². The third-order valence-electron chi connectivity index (χ3n) is 6.65. The predicted molar refractivity (Wildman–Crippen MR) is 140 cm³/mol. The molecule has 4 aromatic carbocycles. The number of hydrogen-bond donors (Lipinski definition) is 1. The summed E-state index contributed by atoms with van der Waals surface area (Å²) in [5.41, 5.74) is 13.1. The second-order valence-electron chi connectivity index (χ2n) is 8.79. The van der Waals surface area contributed by atoms with Crippen molar-refractivity contribution < 1.29 is 9.21 Å². The molecule has 0 aliphatic rings. The SMILES string of the molecule is NC(=O)c1cccc2c1c1ccc(-c3ccco3)cc1n2Cc1ccccc1Cc1ccccc1. The molecule has 0 radical (unpaired) electrons. The van der Waals surface area contributed by atoms with Crippen LogP contribution < -0.4 is 5.73 Å². The van der Waals surface area contributed by atoms with Crippen LogP contribution in [-0.2, 0) is 13.0 Å². The summed E-state index contributed by atoms with van der Waals surface area (Å²) < 4.78 is 7.95. The van der Waals surface area contributed by atoms with Gasteiger partial charge in [0.05, 0.1) is 17.3 Å². The van der Waals surface area contributed by atoms with Crippen LogP contribution in [0.3, 0.4) is 0 Å². The number of furan rings is 1. The molecule has 0 aliphatic carbocycles. The Morgan fingerprint density at radius 3 is 2.34 bits per heavy atom. The molecule has 0 bridgehead atoms. The number of hydrogen-bond acceptors (Lipinski definition) is 2. The fourth-order valence-corrected chi connectivity index (χ4v) is 4.99. The van der Waals surface area contributed by atoms with Crippen LogP contribution in [-0.4, -0.2) is 10.5 Å². The highest BCUT2D eigenvalue weighted by Crippen LogP contribution is 2.35. The molecule has 170 valence electrons. The van der Waals surface area contributed by atoms with Gasteiger partial charge in [0.2, 0.25) is 5.91 Å². The Hall–Kier alpha value is -4.57. The summed E-state index contributed by atoms with van der Waals surface area (Å²) in [4.78, 5) is 12.3. The number of benzene rings is 4. The van der Waals surface area contributed by atoms with Crippen molar-refractivity contribution in [3.63, 3.8) is 0 Å². The maximum atomic E-state index is 12.3. The molecule has 2 N–H and O–H groups in total. The van der Waals surface area contributed by atoms with E-state index >= 15 is 0 Å². The van der Waals surface area contributed by atoms with Gasteiger partial charge in [0, 0.05) is 28.4 Å². The molecule has 0 spiro atoms. The first-order valence-corrected chi connectivity index (χ1v) is 11.7.